The topological polar surface area (TPSA) is 61.8 Å². The first-order chi connectivity index (χ1) is 12.1. The van der Waals surface area contributed by atoms with Crippen LogP contribution >= 0.6 is 15.9 Å². The number of hydrazone groups is 1. The van der Waals surface area contributed by atoms with E-state index in [-0.39, 0.29) is 11.8 Å². The van der Waals surface area contributed by atoms with E-state index in [0.29, 0.717) is 17.7 Å². The Labute approximate surface area is 154 Å². The minimum Gasteiger partial charge on any atom is -0.312 e. The van der Waals surface area contributed by atoms with Gasteiger partial charge in [0.25, 0.3) is 5.91 Å². The van der Waals surface area contributed by atoms with Crippen molar-refractivity contribution in [1.29, 1.82) is 0 Å². The fourth-order valence-electron chi connectivity index (χ4n) is 2.71. The molecular weight excluding hydrogens is 382 g/mol. The molecule has 2 aromatic rings. The summed E-state index contributed by atoms with van der Waals surface area (Å²) in [7, 11) is 0. The summed E-state index contributed by atoms with van der Waals surface area (Å²) in [5.41, 5.74) is 5.58. The van der Waals surface area contributed by atoms with Crippen molar-refractivity contribution >= 4 is 39.1 Å². The molecule has 1 heterocycles. The predicted octanol–water partition coefficient (Wildman–Crippen LogP) is 3.73. The van der Waals surface area contributed by atoms with E-state index in [2.05, 4.69) is 26.5 Å². The number of nitrogens with one attached hydrogen (secondary N) is 1. The van der Waals surface area contributed by atoms with Crippen LogP contribution in [0.4, 0.5) is 5.69 Å². The maximum Gasteiger partial charge on any atom is 0.272 e. The Hall–Kier alpha value is -2.47. The zero-order valence-corrected chi connectivity index (χ0v) is 15.4. The fourth-order valence-corrected chi connectivity index (χ4v) is 3.17. The quantitative estimate of drug-likeness (QED) is 0.628. The molecule has 0 bridgehead atoms. The molecule has 25 heavy (non-hydrogen) atoms. The number of carbonyl (C=O) groups is 2. The molecule has 0 radical (unpaired) electrons. The summed E-state index contributed by atoms with van der Waals surface area (Å²) in [4.78, 5) is 25.8. The van der Waals surface area contributed by atoms with Gasteiger partial charge in [-0.05, 0) is 59.1 Å². The second-order valence-electron chi connectivity index (χ2n) is 5.81. The van der Waals surface area contributed by atoms with Crippen LogP contribution in [0.25, 0.3) is 0 Å². The highest BCUT2D eigenvalue weighted by molar-refractivity contribution is 9.10. The lowest BCUT2D eigenvalue weighted by Gasteiger charge is -2.15. The number of rotatable bonds is 4. The van der Waals surface area contributed by atoms with Gasteiger partial charge in [-0.1, -0.05) is 24.3 Å². The number of amides is 2. The summed E-state index contributed by atoms with van der Waals surface area (Å²) >= 11 is 3.35. The lowest BCUT2D eigenvalue weighted by atomic mass is 10.1. The molecule has 0 aromatic heterocycles. The van der Waals surface area contributed by atoms with Crippen molar-refractivity contribution in [3.8, 4) is 0 Å². The van der Waals surface area contributed by atoms with E-state index in [1.165, 1.54) is 0 Å². The van der Waals surface area contributed by atoms with Crippen molar-refractivity contribution in [1.82, 2.24) is 5.43 Å². The summed E-state index contributed by atoms with van der Waals surface area (Å²) in [6.07, 6.45) is 1.52. The van der Waals surface area contributed by atoms with Crippen LogP contribution in [-0.2, 0) is 4.79 Å². The number of hydrogen-bond donors (Lipinski definition) is 1. The molecule has 0 unspecified atom stereocenters. The third-order valence-corrected chi connectivity index (χ3v) is 4.81. The van der Waals surface area contributed by atoms with Crippen molar-refractivity contribution < 1.29 is 9.59 Å². The first-order valence-corrected chi connectivity index (χ1v) is 8.85. The van der Waals surface area contributed by atoms with E-state index < -0.39 is 0 Å². The molecule has 128 valence electrons. The van der Waals surface area contributed by atoms with Gasteiger partial charge in [-0.3, -0.25) is 9.59 Å². The van der Waals surface area contributed by atoms with Gasteiger partial charge in [0.2, 0.25) is 5.91 Å². The highest BCUT2D eigenvalue weighted by Crippen LogP contribution is 2.21. The lowest BCUT2D eigenvalue weighted by Crippen LogP contribution is -2.23. The van der Waals surface area contributed by atoms with Gasteiger partial charge < -0.3 is 4.90 Å². The van der Waals surface area contributed by atoms with Crippen molar-refractivity contribution in [2.24, 2.45) is 5.10 Å². The molecule has 3 rings (SSSR count). The van der Waals surface area contributed by atoms with Crippen LogP contribution in [0.2, 0.25) is 0 Å². The molecular formula is C19H18BrN3O2. The van der Waals surface area contributed by atoms with Crippen LogP contribution < -0.4 is 10.3 Å². The Morgan fingerprint density at radius 1 is 1.16 bits per heavy atom. The molecule has 0 saturated carbocycles. The average molecular weight is 400 g/mol. The number of carbonyl (C=O) groups excluding carboxylic acids is 2. The van der Waals surface area contributed by atoms with Crippen LogP contribution in [0.15, 0.2) is 58.1 Å². The molecule has 1 saturated heterocycles. The van der Waals surface area contributed by atoms with Crippen LogP contribution in [0.5, 0.6) is 0 Å². The Bertz CT molecular complexity index is 831. The van der Waals surface area contributed by atoms with E-state index in [0.717, 1.165) is 28.7 Å². The fraction of sp³-hybridized carbons (Fsp3) is 0.211. The minimum atomic E-state index is -0.272. The van der Waals surface area contributed by atoms with Crippen LogP contribution in [0, 0.1) is 0 Å². The van der Waals surface area contributed by atoms with Gasteiger partial charge in [-0.2, -0.15) is 5.10 Å². The molecule has 1 aliphatic rings. The van der Waals surface area contributed by atoms with Crippen molar-refractivity contribution in [3.05, 3.63) is 64.1 Å². The van der Waals surface area contributed by atoms with Crippen LogP contribution in [0.3, 0.4) is 0 Å². The van der Waals surface area contributed by atoms with Gasteiger partial charge in [0.05, 0.1) is 11.3 Å². The summed E-state index contributed by atoms with van der Waals surface area (Å²) in [5.74, 6) is -0.107. The SMILES string of the molecule is C/C(=N/NC(=O)c1ccccc1Br)c1ccc(N2CCCC2=O)cc1. The summed E-state index contributed by atoms with van der Waals surface area (Å²) in [6.45, 7) is 2.60. The number of hydrogen-bond acceptors (Lipinski definition) is 3. The first-order valence-electron chi connectivity index (χ1n) is 8.06. The van der Waals surface area contributed by atoms with Gasteiger partial charge in [0.1, 0.15) is 0 Å². The van der Waals surface area contributed by atoms with Gasteiger partial charge in [-0.25, -0.2) is 5.43 Å². The smallest absolute Gasteiger partial charge is 0.272 e. The summed E-state index contributed by atoms with van der Waals surface area (Å²) in [6, 6.07) is 14.8. The van der Waals surface area contributed by atoms with E-state index in [9.17, 15) is 9.59 Å². The monoisotopic (exact) mass is 399 g/mol. The second kappa shape index (κ2) is 7.61. The van der Waals surface area contributed by atoms with E-state index in [1.807, 2.05) is 43.3 Å². The summed E-state index contributed by atoms with van der Waals surface area (Å²) < 4.78 is 0.722. The van der Waals surface area contributed by atoms with Crippen LogP contribution in [0.1, 0.15) is 35.7 Å². The standard InChI is InChI=1S/C19H18BrN3O2/c1-13(21-22-19(25)16-5-2-3-6-17(16)20)14-8-10-15(11-9-14)23-12-4-7-18(23)24/h2-3,5-6,8-11H,4,7,12H2,1H3,(H,22,25)/b21-13-. The minimum absolute atomic E-state index is 0.166. The Morgan fingerprint density at radius 3 is 2.52 bits per heavy atom. The molecule has 1 fully saturated rings. The normalized spacial score (nSPS) is 14.7. The van der Waals surface area contributed by atoms with Crippen molar-refractivity contribution in [2.75, 3.05) is 11.4 Å². The van der Waals surface area contributed by atoms with E-state index >= 15 is 0 Å². The second-order valence-corrected chi connectivity index (χ2v) is 6.67. The summed E-state index contributed by atoms with van der Waals surface area (Å²) in [5, 5.41) is 4.17. The van der Waals surface area contributed by atoms with Crippen LogP contribution in [-0.4, -0.2) is 24.1 Å². The molecule has 1 N–H and O–H groups in total. The number of benzene rings is 2. The third-order valence-electron chi connectivity index (χ3n) is 4.11. The van der Waals surface area contributed by atoms with Gasteiger partial charge in [0.15, 0.2) is 0 Å². The Balaban J connectivity index is 1.69. The Kier molecular flexibility index (Phi) is 5.28. The lowest BCUT2D eigenvalue weighted by molar-refractivity contribution is -0.117. The van der Waals surface area contributed by atoms with Crippen molar-refractivity contribution in [3.63, 3.8) is 0 Å². The molecule has 6 heteroatoms. The third kappa shape index (κ3) is 3.96. The molecule has 0 atom stereocenters. The Morgan fingerprint density at radius 2 is 1.88 bits per heavy atom. The number of halogens is 1. The highest BCUT2D eigenvalue weighted by Gasteiger charge is 2.21. The maximum absolute atomic E-state index is 12.2. The first kappa shape index (κ1) is 17.4. The van der Waals surface area contributed by atoms with E-state index in [1.54, 1.807) is 17.0 Å². The van der Waals surface area contributed by atoms with Gasteiger partial charge >= 0.3 is 0 Å². The van der Waals surface area contributed by atoms with E-state index in [4.69, 9.17) is 0 Å². The molecule has 0 spiro atoms. The van der Waals surface area contributed by atoms with Crippen molar-refractivity contribution in [2.45, 2.75) is 19.8 Å². The zero-order valence-electron chi connectivity index (χ0n) is 13.8. The molecule has 0 aliphatic carbocycles. The number of anilines is 1. The maximum atomic E-state index is 12.2. The molecule has 2 amide bonds. The van der Waals surface area contributed by atoms with Gasteiger partial charge in [-0.15, -0.1) is 0 Å². The molecule has 1 aliphatic heterocycles. The van der Waals surface area contributed by atoms with Gasteiger partial charge in [0, 0.05) is 23.1 Å². The largest absolute Gasteiger partial charge is 0.312 e. The molecule has 2 aromatic carbocycles. The predicted molar refractivity (Wildman–Crippen MR) is 102 cm³/mol. The molecule has 5 nitrogen and oxygen atoms in total. The average Bonchev–Trinajstić information content (AvgIpc) is 3.06. The highest BCUT2D eigenvalue weighted by atomic mass is 79.9. The number of nitrogens with zero attached hydrogens (tertiary/aromatic N) is 2. The zero-order chi connectivity index (χ0) is 17.8.